The third-order valence-corrected chi connectivity index (χ3v) is 6.39. The zero-order chi connectivity index (χ0) is 17.9. The van der Waals surface area contributed by atoms with Crippen molar-refractivity contribution in [1.82, 2.24) is 4.90 Å². The molecule has 26 heavy (non-hydrogen) atoms. The molecule has 0 amide bonds. The van der Waals surface area contributed by atoms with Crippen LogP contribution in [-0.2, 0) is 11.3 Å². The van der Waals surface area contributed by atoms with Crippen molar-refractivity contribution in [1.29, 1.82) is 0 Å². The van der Waals surface area contributed by atoms with Crippen LogP contribution in [-0.4, -0.2) is 23.8 Å². The number of fused-ring (bicyclic) bond motifs is 1. The van der Waals surface area contributed by atoms with Gasteiger partial charge in [-0.2, -0.15) is 0 Å². The summed E-state index contributed by atoms with van der Waals surface area (Å²) in [5.41, 5.74) is 2.59. The van der Waals surface area contributed by atoms with Crippen LogP contribution in [0, 0.1) is 17.8 Å². The van der Waals surface area contributed by atoms with E-state index in [9.17, 15) is 4.79 Å². The second-order valence-corrected chi connectivity index (χ2v) is 8.05. The van der Waals surface area contributed by atoms with E-state index in [0.29, 0.717) is 17.6 Å². The molecule has 1 aliphatic carbocycles. The predicted molar refractivity (Wildman–Crippen MR) is 106 cm³/mol. The first-order chi connectivity index (χ1) is 12.8. The summed E-state index contributed by atoms with van der Waals surface area (Å²) in [6, 6.07) is 21.2. The Morgan fingerprint density at radius 1 is 0.962 bits per heavy atom. The van der Waals surface area contributed by atoms with E-state index in [1.54, 1.807) is 0 Å². The Bertz CT molecular complexity index is 726. The molecule has 4 rings (SSSR count). The fourth-order valence-electron chi connectivity index (χ4n) is 5.20. The normalized spacial score (nSPS) is 28.4. The van der Waals surface area contributed by atoms with Crippen molar-refractivity contribution in [3.8, 4) is 0 Å². The molecule has 0 aromatic heterocycles. The van der Waals surface area contributed by atoms with Crippen LogP contribution in [0.2, 0.25) is 0 Å². The molecule has 0 spiro atoms. The number of unbranched alkanes of at least 4 members (excludes halogenated alkanes) is 1. The van der Waals surface area contributed by atoms with E-state index < -0.39 is 0 Å². The second kappa shape index (κ2) is 7.75. The summed E-state index contributed by atoms with van der Waals surface area (Å²) in [5.74, 6) is 1.89. The van der Waals surface area contributed by atoms with E-state index >= 15 is 0 Å². The average Bonchev–Trinajstić information content (AvgIpc) is 3.19. The zero-order valence-electron chi connectivity index (χ0n) is 15.7. The van der Waals surface area contributed by atoms with Gasteiger partial charge in [0.15, 0.2) is 0 Å². The van der Waals surface area contributed by atoms with Crippen molar-refractivity contribution < 1.29 is 4.79 Å². The van der Waals surface area contributed by atoms with Gasteiger partial charge >= 0.3 is 0 Å². The van der Waals surface area contributed by atoms with Crippen LogP contribution in [0.15, 0.2) is 60.7 Å². The van der Waals surface area contributed by atoms with Gasteiger partial charge < -0.3 is 0 Å². The molecule has 4 atom stereocenters. The third kappa shape index (κ3) is 3.35. The highest BCUT2D eigenvalue weighted by Gasteiger charge is 2.53. The average molecular weight is 348 g/mol. The molecule has 4 unspecified atom stereocenters. The Hall–Kier alpha value is -1.93. The lowest BCUT2D eigenvalue weighted by molar-refractivity contribution is -0.122. The van der Waals surface area contributed by atoms with E-state index in [1.165, 1.54) is 30.4 Å². The Balaban J connectivity index is 1.53. The summed E-state index contributed by atoms with van der Waals surface area (Å²) in [6.07, 6.45) is 3.61. The fourth-order valence-corrected chi connectivity index (χ4v) is 5.20. The lowest BCUT2D eigenvalue weighted by Crippen LogP contribution is -2.27. The van der Waals surface area contributed by atoms with Gasteiger partial charge in [0.2, 0.25) is 0 Å². The van der Waals surface area contributed by atoms with E-state index in [0.717, 1.165) is 19.6 Å². The van der Waals surface area contributed by atoms with Crippen LogP contribution < -0.4 is 0 Å². The molecule has 2 fully saturated rings. The largest absolute Gasteiger partial charge is 0.299 e. The van der Waals surface area contributed by atoms with Crippen molar-refractivity contribution in [2.45, 2.75) is 38.6 Å². The van der Waals surface area contributed by atoms with Crippen LogP contribution in [0.4, 0.5) is 0 Å². The van der Waals surface area contributed by atoms with Crippen LogP contribution in [0.25, 0.3) is 0 Å². The Kier molecular flexibility index (Phi) is 5.21. The molecule has 1 aliphatic heterocycles. The summed E-state index contributed by atoms with van der Waals surface area (Å²) < 4.78 is 0. The van der Waals surface area contributed by atoms with Crippen molar-refractivity contribution >= 4 is 5.78 Å². The summed E-state index contributed by atoms with van der Waals surface area (Å²) >= 11 is 0. The zero-order valence-corrected chi connectivity index (χ0v) is 15.7. The fraction of sp³-hybridized carbons (Fsp3) is 0.458. The molecule has 2 aromatic carbocycles. The van der Waals surface area contributed by atoms with E-state index in [-0.39, 0.29) is 11.8 Å². The SMILES string of the molecule is CCCCC1C(c2ccccc2)C(=O)C2CN(Cc3ccccc3)CC21. The Morgan fingerprint density at radius 2 is 1.65 bits per heavy atom. The van der Waals surface area contributed by atoms with Gasteiger partial charge in [0.05, 0.1) is 0 Å². The first-order valence-electron chi connectivity index (χ1n) is 10.1. The molecular weight excluding hydrogens is 318 g/mol. The highest BCUT2D eigenvalue weighted by molar-refractivity contribution is 5.91. The highest BCUT2D eigenvalue weighted by Crippen LogP contribution is 2.50. The highest BCUT2D eigenvalue weighted by atomic mass is 16.1. The number of Topliss-reactive ketones (excluding diaryl/α,β-unsaturated/α-hetero) is 1. The van der Waals surface area contributed by atoms with Crippen molar-refractivity contribution in [3.05, 3.63) is 71.8 Å². The van der Waals surface area contributed by atoms with E-state index in [1.807, 2.05) is 6.07 Å². The number of likely N-dealkylation sites (tertiary alicyclic amines) is 1. The van der Waals surface area contributed by atoms with Gasteiger partial charge in [0.25, 0.3) is 0 Å². The molecule has 2 aromatic rings. The molecule has 1 saturated heterocycles. The molecular formula is C24H29NO. The minimum absolute atomic E-state index is 0.122. The smallest absolute Gasteiger partial charge is 0.145 e. The minimum Gasteiger partial charge on any atom is -0.299 e. The molecule has 0 N–H and O–H groups in total. The number of carbonyl (C=O) groups excluding carboxylic acids is 1. The van der Waals surface area contributed by atoms with Gasteiger partial charge in [0.1, 0.15) is 5.78 Å². The second-order valence-electron chi connectivity index (χ2n) is 8.05. The Labute approximate surface area is 157 Å². The Morgan fingerprint density at radius 3 is 2.35 bits per heavy atom. The molecule has 2 nitrogen and oxygen atoms in total. The quantitative estimate of drug-likeness (QED) is 0.740. The first-order valence-corrected chi connectivity index (χ1v) is 10.1. The molecule has 0 bridgehead atoms. The number of ketones is 1. The van der Waals surface area contributed by atoms with Crippen LogP contribution in [0.1, 0.15) is 43.2 Å². The third-order valence-electron chi connectivity index (χ3n) is 6.39. The number of benzene rings is 2. The van der Waals surface area contributed by atoms with Gasteiger partial charge in [-0.3, -0.25) is 9.69 Å². The summed E-state index contributed by atoms with van der Waals surface area (Å²) in [7, 11) is 0. The van der Waals surface area contributed by atoms with Crippen LogP contribution in [0.5, 0.6) is 0 Å². The summed E-state index contributed by atoms with van der Waals surface area (Å²) in [5, 5.41) is 0. The lowest BCUT2D eigenvalue weighted by Gasteiger charge is -2.25. The molecule has 136 valence electrons. The molecule has 2 aliphatic rings. The standard InChI is InChI=1S/C24H29NO/c1-2-3-14-20-21-16-25(15-18-10-6-4-7-11-18)17-22(21)24(26)23(20)19-12-8-5-9-13-19/h4-13,20-23H,2-3,14-17H2,1H3. The number of rotatable bonds is 6. The van der Waals surface area contributed by atoms with Gasteiger partial charge in [-0.1, -0.05) is 80.4 Å². The van der Waals surface area contributed by atoms with Crippen LogP contribution >= 0.6 is 0 Å². The molecule has 1 saturated carbocycles. The van der Waals surface area contributed by atoms with Gasteiger partial charge in [0, 0.05) is 31.5 Å². The molecule has 2 heteroatoms. The number of hydrogen-bond donors (Lipinski definition) is 0. The maximum absolute atomic E-state index is 13.3. The monoisotopic (exact) mass is 347 g/mol. The van der Waals surface area contributed by atoms with Gasteiger partial charge in [-0.05, 0) is 29.4 Å². The van der Waals surface area contributed by atoms with Gasteiger partial charge in [-0.15, -0.1) is 0 Å². The lowest BCUT2D eigenvalue weighted by atomic mass is 9.81. The maximum Gasteiger partial charge on any atom is 0.145 e. The maximum atomic E-state index is 13.3. The van der Waals surface area contributed by atoms with Crippen molar-refractivity contribution in [2.75, 3.05) is 13.1 Å². The number of carbonyl (C=O) groups is 1. The van der Waals surface area contributed by atoms with E-state index in [2.05, 4.69) is 66.4 Å². The topological polar surface area (TPSA) is 20.3 Å². The molecule has 1 heterocycles. The molecule has 0 radical (unpaired) electrons. The van der Waals surface area contributed by atoms with Crippen LogP contribution in [0.3, 0.4) is 0 Å². The first kappa shape index (κ1) is 17.5. The summed E-state index contributed by atoms with van der Waals surface area (Å²) in [6.45, 7) is 5.23. The number of hydrogen-bond acceptors (Lipinski definition) is 2. The number of nitrogens with zero attached hydrogens (tertiary/aromatic N) is 1. The van der Waals surface area contributed by atoms with Gasteiger partial charge in [-0.25, -0.2) is 0 Å². The van der Waals surface area contributed by atoms with Crippen molar-refractivity contribution in [3.63, 3.8) is 0 Å². The predicted octanol–water partition coefficient (Wildman–Crippen LogP) is 4.91. The van der Waals surface area contributed by atoms with Crippen molar-refractivity contribution in [2.24, 2.45) is 17.8 Å². The summed E-state index contributed by atoms with van der Waals surface area (Å²) in [4.78, 5) is 15.8. The minimum atomic E-state index is 0.122. The van der Waals surface area contributed by atoms with E-state index in [4.69, 9.17) is 0 Å².